The van der Waals surface area contributed by atoms with Crippen LogP contribution in [0.25, 0.3) is 10.8 Å². The van der Waals surface area contributed by atoms with Crippen LogP contribution >= 0.6 is 0 Å². The molecule has 1 aliphatic rings. The normalized spacial score (nSPS) is 20.2. The lowest BCUT2D eigenvalue weighted by Gasteiger charge is -2.32. The Morgan fingerprint density at radius 2 is 1.78 bits per heavy atom. The zero-order chi connectivity index (χ0) is 19.3. The molecule has 140 valence electrons. The molecule has 0 saturated carbocycles. The Kier molecular flexibility index (Phi) is 4.44. The Balaban J connectivity index is 1.78. The van der Waals surface area contributed by atoms with Gasteiger partial charge in [0.1, 0.15) is 17.7 Å². The van der Waals surface area contributed by atoms with Crippen molar-refractivity contribution >= 4 is 21.6 Å². The van der Waals surface area contributed by atoms with Crippen LogP contribution in [-0.2, 0) is 17.2 Å². The average Bonchev–Trinajstić information content (AvgIpc) is 2.64. The molecule has 2 unspecified atom stereocenters. The number of halogens is 3. The molecule has 2 N–H and O–H groups in total. The summed E-state index contributed by atoms with van der Waals surface area (Å²) in [7, 11) is -1.09. The van der Waals surface area contributed by atoms with Crippen molar-refractivity contribution < 1.29 is 22.1 Å². The van der Waals surface area contributed by atoms with Crippen molar-refractivity contribution in [2.75, 3.05) is 6.26 Å². The van der Waals surface area contributed by atoms with E-state index in [1.54, 1.807) is 18.4 Å². The Hall–Kier alpha value is -2.38. The third kappa shape index (κ3) is 3.11. The first-order chi connectivity index (χ1) is 12.8. The summed E-state index contributed by atoms with van der Waals surface area (Å²) in [5, 5.41) is 1.80. The van der Waals surface area contributed by atoms with Gasteiger partial charge in [-0.2, -0.15) is 0 Å². The van der Waals surface area contributed by atoms with Gasteiger partial charge in [-0.15, -0.1) is 0 Å². The van der Waals surface area contributed by atoms with E-state index < -0.39 is 40.4 Å². The van der Waals surface area contributed by atoms with Gasteiger partial charge in [0.05, 0.1) is 6.04 Å². The lowest BCUT2D eigenvalue weighted by molar-refractivity contribution is 0.149. The van der Waals surface area contributed by atoms with Gasteiger partial charge in [-0.05, 0) is 41.5 Å². The fraction of sp³-hybridized carbons (Fsp3) is 0.200. The standard InChI is InChI=1S/C20H16F3NO2S/c1-27(25)11-3-4-12-10(6-11)2-5-19-13(12)8-18(24)20(26-19)14-7-16(22)17(23)9-15(14)21/h2-7,9,18,20H,8,24H2,1H3/t18-,20?,27?/m0/s1. The third-order valence-electron chi connectivity index (χ3n) is 4.82. The van der Waals surface area contributed by atoms with Gasteiger partial charge < -0.3 is 10.5 Å². The molecule has 1 aliphatic heterocycles. The lowest BCUT2D eigenvalue weighted by atomic mass is 9.90. The summed E-state index contributed by atoms with van der Waals surface area (Å²) in [4.78, 5) is 0.713. The van der Waals surface area contributed by atoms with Crippen LogP contribution in [-0.4, -0.2) is 16.5 Å². The number of hydrogen-bond donors (Lipinski definition) is 1. The Morgan fingerprint density at radius 1 is 1.04 bits per heavy atom. The molecule has 4 rings (SSSR count). The smallest absolute Gasteiger partial charge is 0.161 e. The van der Waals surface area contributed by atoms with E-state index in [0.717, 1.165) is 22.4 Å². The van der Waals surface area contributed by atoms with Crippen LogP contribution in [0.2, 0.25) is 0 Å². The molecule has 3 aromatic carbocycles. The summed E-state index contributed by atoms with van der Waals surface area (Å²) < 4.78 is 58.5. The summed E-state index contributed by atoms with van der Waals surface area (Å²) in [6, 6.07) is 9.70. The number of fused-ring (bicyclic) bond motifs is 3. The minimum absolute atomic E-state index is 0.108. The van der Waals surface area contributed by atoms with Crippen LogP contribution in [0.15, 0.2) is 47.4 Å². The minimum Gasteiger partial charge on any atom is -0.484 e. The van der Waals surface area contributed by atoms with Crippen molar-refractivity contribution in [3.05, 3.63) is 71.0 Å². The monoisotopic (exact) mass is 391 g/mol. The molecule has 1 heterocycles. The van der Waals surface area contributed by atoms with Crippen molar-refractivity contribution in [2.45, 2.75) is 23.5 Å². The Morgan fingerprint density at radius 3 is 2.52 bits per heavy atom. The van der Waals surface area contributed by atoms with Crippen molar-refractivity contribution in [3.8, 4) is 5.75 Å². The molecule has 0 amide bonds. The fourth-order valence-electron chi connectivity index (χ4n) is 3.47. The highest BCUT2D eigenvalue weighted by Gasteiger charge is 2.32. The zero-order valence-corrected chi connectivity index (χ0v) is 15.2. The Bertz CT molecular complexity index is 1090. The molecule has 3 aromatic rings. The van der Waals surface area contributed by atoms with Gasteiger partial charge in [-0.25, -0.2) is 13.2 Å². The summed E-state index contributed by atoms with van der Waals surface area (Å²) >= 11 is 0. The first-order valence-corrected chi connectivity index (χ1v) is 9.86. The topological polar surface area (TPSA) is 52.3 Å². The maximum Gasteiger partial charge on any atom is 0.161 e. The molecule has 27 heavy (non-hydrogen) atoms. The second-order valence-electron chi connectivity index (χ2n) is 6.57. The van der Waals surface area contributed by atoms with Crippen LogP contribution in [0.4, 0.5) is 13.2 Å². The van der Waals surface area contributed by atoms with E-state index in [0.29, 0.717) is 23.1 Å². The van der Waals surface area contributed by atoms with Gasteiger partial charge in [-0.1, -0.05) is 12.1 Å². The molecular weight excluding hydrogens is 375 g/mol. The average molecular weight is 391 g/mol. The predicted molar refractivity (Wildman–Crippen MR) is 97.6 cm³/mol. The van der Waals surface area contributed by atoms with Crippen molar-refractivity contribution in [2.24, 2.45) is 5.73 Å². The van der Waals surface area contributed by atoms with Gasteiger partial charge in [0, 0.05) is 39.1 Å². The molecule has 0 radical (unpaired) electrons. The van der Waals surface area contributed by atoms with Crippen LogP contribution in [0.5, 0.6) is 5.75 Å². The molecule has 3 nitrogen and oxygen atoms in total. The second-order valence-corrected chi connectivity index (χ2v) is 7.95. The maximum atomic E-state index is 14.2. The summed E-state index contributed by atoms with van der Waals surface area (Å²) in [6.45, 7) is 0. The number of benzene rings is 3. The van der Waals surface area contributed by atoms with Crippen LogP contribution in [0.1, 0.15) is 17.2 Å². The molecule has 0 bridgehead atoms. The molecule has 0 saturated heterocycles. The number of hydrogen-bond acceptors (Lipinski definition) is 3. The van der Waals surface area contributed by atoms with E-state index in [2.05, 4.69) is 0 Å². The van der Waals surface area contributed by atoms with E-state index in [1.165, 1.54) is 0 Å². The molecule has 0 spiro atoms. The zero-order valence-electron chi connectivity index (χ0n) is 14.3. The number of rotatable bonds is 2. The summed E-state index contributed by atoms with van der Waals surface area (Å²) in [6.07, 6.45) is 1.07. The van der Waals surface area contributed by atoms with Crippen LogP contribution in [0.3, 0.4) is 0 Å². The maximum absolute atomic E-state index is 14.2. The van der Waals surface area contributed by atoms with Crippen molar-refractivity contribution in [3.63, 3.8) is 0 Å². The predicted octanol–water partition coefficient (Wildman–Crippen LogP) is 4.00. The number of ether oxygens (including phenoxy) is 1. The second kappa shape index (κ2) is 6.65. The highest BCUT2D eigenvalue weighted by atomic mass is 32.2. The van der Waals surface area contributed by atoms with Gasteiger partial charge in [0.15, 0.2) is 11.6 Å². The first kappa shape index (κ1) is 18.0. The highest BCUT2D eigenvalue weighted by molar-refractivity contribution is 7.84. The fourth-order valence-corrected chi connectivity index (χ4v) is 4.02. The molecule has 3 atom stereocenters. The minimum atomic E-state index is -1.25. The van der Waals surface area contributed by atoms with Crippen LogP contribution in [0, 0.1) is 17.5 Å². The quantitative estimate of drug-likeness (QED) is 0.672. The summed E-state index contributed by atoms with van der Waals surface area (Å²) in [5.74, 6) is -2.78. The largest absolute Gasteiger partial charge is 0.484 e. The third-order valence-corrected chi connectivity index (χ3v) is 5.74. The van der Waals surface area contributed by atoms with Crippen LogP contribution < -0.4 is 10.5 Å². The first-order valence-electron chi connectivity index (χ1n) is 8.31. The van der Waals surface area contributed by atoms with E-state index in [1.807, 2.05) is 18.2 Å². The van der Waals surface area contributed by atoms with Gasteiger partial charge in [-0.3, -0.25) is 4.21 Å². The molecule has 0 aliphatic carbocycles. The van der Waals surface area contributed by atoms with Crippen molar-refractivity contribution in [1.29, 1.82) is 0 Å². The molecule has 0 aromatic heterocycles. The van der Waals surface area contributed by atoms with Crippen molar-refractivity contribution in [1.82, 2.24) is 0 Å². The number of nitrogens with two attached hydrogens (primary N) is 1. The molecular formula is C20H16F3NO2S. The molecule has 7 heteroatoms. The highest BCUT2D eigenvalue weighted by Crippen LogP contribution is 2.39. The van der Waals surface area contributed by atoms with E-state index in [9.17, 15) is 17.4 Å². The SMILES string of the molecule is CS(=O)c1ccc2c3c(ccc2c1)OC(c1cc(F)c(F)cc1F)[C@@H](N)C3. The van der Waals surface area contributed by atoms with E-state index in [4.69, 9.17) is 10.5 Å². The Labute approximate surface area is 156 Å². The van der Waals surface area contributed by atoms with Gasteiger partial charge in [0.2, 0.25) is 0 Å². The van der Waals surface area contributed by atoms with E-state index in [-0.39, 0.29) is 5.56 Å². The van der Waals surface area contributed by atoms with Gasteiger partial charge in [0.25, 0.3) is 0 Å². The van der Waals surface area contributed by atoms with Gasteiger partial charge >= 0.3 is 0 Å². The molecule has 0 fully saturated rings. The summed E-state index contributed by atoms with van der Waals surface area (Å²) in [5.41, 5.74) is 6.94. The lowest BCUT2D eigenvalue weighted by Crippen LogP contribution is -2.38. The van der Waals surface area contributed by atoms with E-state index >= 15 is 0 Å².